The number of benzene rings is 2. The van der Waals surface area contributed by atoms with Gasteiger partial charge in [-0.05, 0) is 66.5 Å². The lowest BCUT2D eigenvalue weighted by Gasteiger charge is -2.39. The van der Waals surface area contributed by atoms with Gasteiger partial charge < -0.3 is 9.32 Å². The van der Waals surface area contributed by atoms with Gasteiger partial charge in [-0.3, -0.25) is 0 Å². The third-order valence-electron chi connectivity index (χ3n) is 6.65. The van der Waals surface area contributed by atoms with Crippen molar-refractivity contribution < 1.29 is 12.8 Å². The number of aromatic nitrogens is 1. The van der Waals surface area contributed by atoms with E-state index in [1.165, 1.54) is 0 Å². The minimum atomic E-state index is -3.85. The highest BCUT2D eigenvalue weighted by Crippen LogP contribution is 2.54. The van der Waals surface area contributed by atoms with Crippen LogP contribution in [0.5, 0.6) is 0 Å². The van der Waals surface area contributed by atoms with Crippen LogP contribution in [0.1, 0.15) is 40.0 Å². The van der Waals surface area contributed by atoms with E-state index in [1.807, 2.05) is 0 Å². The molecule has 0 amide bonds. The van der Waals surface area contributed by atoms with E-state index in [9.17, 15) is 8.42 Å². The number of hydrogen-bond donors (Lipinski definition) is 0. The first-order valence-corrected chi connectivity index (χ1v) is 12.8. The number of hydrogen-bond acceptors (Lipinski definition) is 5. The molecule has 2 aliphatic rings. The van der Waals surface area contributed by atoms with E-state index in [-0.39, 0.29) is 32.7 Å². The van der Waals surface area contributed by atoms with Gasteiger partial charge in [0, 0.05) is 23.2 Å². The fraction of sp³-hybridized carbons (Fsp3) is 0.400. The molecule has 1 aliphatic heterocycles. The van der Waals surface area contributed by atoms with Gasteiger partial charge >= 0.3 is 0 Å². The van der Waals surface area contributed by atoms with Crippen LogP contribution in [0.3, 0.4) is 0 Å². The second kappa shape index (κ2) is 7.35. The fourth-order valence-corrected chi connectivity index (χ4v) is 7.24. The topological polar surface area (TPSA) is 63.4 Å². The van der Waals surface area contributed by atoms with E-state index < -0.39 is 9.84 Å². The van der Waals surface area contributed by atoms with E-state index in [0.29, 0.717) is 16.5 Å². The molecule has 2 bridgehead atoms. The summed E-state index contributed by atoms with van der Waals surface area (Å²) >= 11 is 6.04. The lowest BCUT2D eigenvalue weighted by atomic mass is 9.65. The number of anilines is 1. The summed E-state index contributed by atoms with van der Waals surface area (Å²) in [4.78, 5) is 6.90. The second-order valence-electron chi connectivity index (χ2n) is 10.3. The summed E-state index contributed by atoms with van der Waals surface area (Å²) < 4.78 is 33.5. The van der Waals surface area contributed by atoms with E-state index >= 15 is 0 Å². The maximum absolute atomic E-state index is 13.6. The van der Waals surface area contributed by atoms with Crippen molar-refractivity contribution in [2.75, 3.05) is 11.4 Å². The third-order valence-corrected chi connectivity index (χ3v) is 8.57. The molecule has 0 spiro atoms. The van der Waals surface area contributed by atoms with Gasteiger partial charge in [-0.1, -0.05) is 50.6 Å². The SMILES string of the molecule is CC1(C)CC2CC(C)(CN2c2oc(-c3ccc(Cl)cc3)nc2S(=O)(=O)c2ccccc2)C1. The van der Waals surface area contributed by atoms with E-state index in [0.717, 1.165) is 25.8 Å². The smallest absolute Gasteiger partial charge is 0.236 e. The van der Waals surface area contributed by atoms with Crippen molar-refractivity contribution in [1.29, 1.82) is 0 Å². The quantitative estimate of drug-likeness (QED) is 0.452. The summed E-state index contributed by atoms with van der Waals surface area (Å²) in [7, 11) is -3.85. The Labute approximate surface area is 194 Å². The zero-order valence-corrected chi connectivity index (χ0v) is 20.1. The molecular weight excluding hydrogens is 444 g/mol. The van der Waals surface area contributed by atoms with Crippen LogP contribution in [0.25, 0.3) is 11.5 Å². The highest BCUT2D eigenvalue weighted by Gasteiger charge is 2.51. The fourth-order valence-electron chi connectivity index (χ4n) is 5.78. The lowest BCUT2D eigenvalue weighted by Crippen LogP contribution is -2.35. The standard InChI is InChI=1S/C25H27ClN2O3S/c1-24(2)13-19-14-25(3,15-24)16-28(19)23-22(32(29,30)20-7-5-4-6-8-20)27-21(31-23)17-9-11-18(26)12-10-17/h4-12,19H,13-16H2,1-3H3. The predicted octanol–water partition coefficient (Wildman–Crippen LogP) is 6.23. The molecule has 1 saturated carbocycles. The summed E-state index contributed by atoms with van der Waals surface area (Å²) in [6.45, 7) is 7.64. The average molecular weight is 471 g/mol. The number of fused-ring (bicyclic) bond motifs is 2. The van der Waals surface area contributed by atoms with Crippen molar-refractivity contribution in [2.45, 2.75) is 56.0 Å². The largest absolute Gasteiger partial charge is 0.419 e. The van der Waals surface area contributed by atoms with E-state index in [4.69, 9.17) is 16.0 Å². The van der Waals surface area contributed by atoms with Crippen molar-refractivity contribution in [2.24, 2.45) is 10.8 Å². The number of nitrogens with zero attached hydrogens (tertiary/aromatic N) is 2. The normalized spacial score (nSPS) is 24.6. The maximum atomic E-state index is 13.6. The van der Waals surface area contributed by atoms with Gasteiger partial charge in [-0.15, -0.1) is 0 Å². The van der Waals surface area contributed by atoms with Gasteiger partial charge in [0.15, 0.2) is 0 Å². The Morgan fingerprint density at radius 1 is 1.03 bits per heavy atom. The van der Waals surface area contributed by atoms with Crippen LogP contribution in [0.2, 0.25) is 5.02 Å². The molecule has 1 aromatic heterocycles. The molecule has 5 rings (SSSR count). The molecule has 2 fully saturated rings. The molecule has 2 atom stereocenters. The Bertz CT molecular complexity index is 1250. The monoisotopic (exact) mass is 470 g/mol. The van der Waals surface area contributed by atoms with Crippen LogP contribution in [0, 0.1) is 10.8 Å². The van der Waals surface area contributed by atoms with Crippen molar-refractivity contribution >= 4 is 27.3 Å². The number of rotatable bonds is 4. The third kappa shape index (κ3) is 3.73. The van der Waals surface area contributed by atoms with Crippen molar-refractivity contribution in [3.8, 4) is 11.5 Å². The molecule has 7 heteroatoms. The first-order chi connectivity index (χ1) is 15.1. The van der Waals surface area contributed by atoms with Crippen molar-refractivity contribution in [3.05, 3.63) is 59.6 Å². The van der Waals surface area contributed by atoms with E-state index in [1.54, 1.807) is 54.6 Å². The first-order valence-electron chi connectivity index (χ1n) is 10.9. The van der Waals surface area contributed by atoms with Crippen LogP contribution in [-0.4, -0.2) is 26.0 Å². The summed E-state index contributed by atoms with van der Waals surface area (Å²) in [5.41, 5.74) is 1.01. The second-order valence-corrected chi connectivity index (χ2v) is 12.6. The van der Waals surface area contributed by atoms with Crippen LogP contribution in [-0.2, 0) is 9.84 Å². The zero-order valence-electron chi connectivity index (χ0n) is 18.5. The molecule has 32 heavy (non-hydrogen) atoms. The van der Waals surface area contributed by atoms with Crippen molar-refractivity contribution in [3.63, 3.8) is 0 Å². The molecule has 2 aromatic carbocycles. The average Bonchev–Trinajstić information content (AvgIpc) is 3.27. The molecule has 2 heterocycles. The van der Waals surface area contributed by atoms with Crippen LogP contribution >= 0.6 is 11.6 Å². The Balaban J connectivity index is 1.66. The first kappa shape index (κ1) is 21.5. The van der Waals surface area contributed by atoms with Crippen molar-refractivity contribution in [1.82, 2.24) is 4.98 Å². The minimum Gasteiger partial charge on any atom is -0.419 e. The Morgan fingerprint density at radius 3 is 2.41 bits per heavy atom. The molecule has 2 unspecified atom stereocenters. The Morgan fingerprint density at radius 2 is 1.72 bits per heavy atom. The molecule has 168 valence electrons. The van der Waals surface area contributed by atoms with Gasteiger partial charge in [0.2, 0.25) is 26.6 Å². The molecule has 3 aromatic rings. The van der Waals surface area contributed by atoms with Crippen LogP contribution in [0.4, 0.5) is 5.88 Å². The summed E-state index contributed by atoms with van der Waals surface area (Å²) in [6, 6.07) is 15.8. The minimum absolute atomic E-state index is 0.0115. The molecule has 1 aliphatic carbocycles. The number of sulfone groups is 1. The van der Waals surface area contributed by atoms with Gasteiger partial charge in [-0.25, -0.2) is 8.42 Å². The maximum Gasteiger partial charge on any atom is 0.236 e. The molecule has 5 nitrogen and oxygen atoms in total. The highest BCUT2D eigenvalue weighted by molar-refractivity contribution is 7.91. The van der Waals surface area contributed by atoms with Gasteiger partial charge in [0.1, 0.15) is 0 Å². The van der Waals surface area contributed by atoms with E-state index in [2.05, 4.69) is 30.7 Å². The van der Waals surface area contributed by atoms with Crippen LogP contribution in [0.15, 0.2) is 68.9 Å². The Kier molecular flexibility index (Phi) is 4.95. The lowest BCUT2D eigenvalue weighted by molar-refractivity contribution is 0.136. The molecule has 1 saturated heterocycles. The zero-order chi connectivity index (χ0) is 22.7. The van der Waals surface area contributed by atoms with Gasteiger partial charge in [-0.2, -0.15) is 4.98 Å². The molecule has 0 radical (unpaired) electrons. The van der Waals surface area contributed by atoms with Crippen LogP contribution < -0.4 is 4.90 Å². The summed E-state index contributed by atoms with van der Waals surface area (Å²) in [5, 5.41) is 0.587. The number of halogens is 1. The number of oxazole rings is 1. The molecule has 0 N–H and O–H groups in total. The molecular formula is C25H27ClN2O3S. The summed E-state index contributed by atoms with van der Waals surface area (Å²) in [5.74, 6) is 0.641. The predicted molar refractivity (Wildman–Crippen MR) is 126 cm³/mol. The van der Waals surface area contributed by atoms with Gasteiger partial charge in [0.05, 0.1) is 4.90 Å². The highest BCUT2D eigenvalue weighted by atomic mass is 35.5. The van der Waals surface area contributed by atoms with Gasteiger partial charge in [0.25, 0.3) is 0 Å². The Hall–Kier alpha value is -2.31. The summed E-state index contributed by atoms with van der Waals surface area (Å²) in [6.07, 6.45) is 3.12.